The van der Waals surface area contributed by atoms with Crippen molar-refractivity contribution in [2.45, 2.75) is 6.18 Å². The molecule has 15 heavy (non-hydrogen) atoms. The Labute approximate surface area is 95.1 Å². The maximum atomic E-state index is 12.3. The fourth-order valence-corrected chi connectivity index (χ4v) is 1.50. The zero-order valence-corrected chi connectivity index (χ0v) is 9.15. The van der Waals surface area contributed by atoms with Crippen molar-refractivity contribution < 1.29 is 18.1 Å². The molecule has 0 amide bonds. The van der Waals surface area contributed by atoms with E-state index in [1.165, 1.54) is 0 Å². The monoisotopic (exact) mass is 303 g/mol. The highest BCUT2D eigenvalue weighted by molar-refractivity contribution is 9.10. The summed E-state index contributed by atoms with van der Waals surface area (Å²) >= 11 is 8.18. The molecule has 0 radical (unpaired) electrons. The van der Waals surface area contributed by atoms with Crippen LogP contribution in [0.4, 0.5) is 18.9 Å². The van der Waals surface area contributed by atoms with Crippen molar-refractivity contribution in [3.63, 3.8) is 0 Å². The van der Waals surface area contributed by atoms with Crippen LogP contribution in [0.15, 0.2) is 16.6 Å². The van der Waals surface area contributed by atoms with Gasteiger partial charge in [-0.15, -0.1) is 0 Å². The fraction of sp³-hybridized carbons (Fsp3) is 0.143. The maximum absolute atomic E-state index is 12.3. The molecule has 0 bridgehead atoms. The minimum atomic E-state index is -4.64. The summed E-state index contributed by atoms with van der Waals surface area (Å²) in [6.45, 7) is 0. The van der Waals surface area contributed by atoms with Crippen LogP contribution in [0.5, 0.6) is 0 Å². The van der Waals surface area contributed by atoms with Crippen molar-refractivity contribution in [1.82, 2.24) is 0 Å². The molecular weight excluding hydrogens is 302 g/mol. The molecule has 0 N–H and O–H groups in total. The largest absolute Gasteiger partial charge is 0.416 e. The molecule has 0 aliphatic heterocycles. The average Bonchev–Trinajstić information content (AvgIpc) is 2.06. The van der Waals surface area contributed by atoms with Crippen molar-refractivity contribution in [2.24, 2.45) is 0 Å². The molecule has 0 unspecified atom stereocenters. The number of nitrogens with zero attached hydrogens (tertiary/aromatic N) is 1. The summed E-state index contributed by atoms with van der Waals surface area (Å²) in [7, 11) is 0. The van der Waals surface area contributed by atoms with Crippen LogP contribution < -0.4 is 0 Å². The molecule has 0 atom stereocenters. The third kappa shape index (κ3) is 2.60. The van der Waals surface area contributed by atoms with Crippen molar-refractivity contribution in [2.75, 3.05) is 0 Å². The molecule has 0 aromatic heterocycles. The first-order valence-corrected chi connectivity index (χ1v) is 4.61. The molecule has 1 aromatic rings. The summed E-state index contributed by atoms with van der Waals surface area (Å²) in [5, 5.41) is 10.0. The first-order valence-electron chi connectivity index (χ1n) is 3.44. The Morgan fingerprint density at radius 2 is 1.93 bits per heavy atom. The zero-order chi connectivity index (χ0) is 11.8. The van der Waals surface area contributed by atoms with Crippen LogP contribution in [-0.4, -0.2) is 4.92 Å². The van der Waals surface area contributed by atoms with Crippen LogP contribution >= 0.6 is 27.5 Å². The number of hydrogen-bond acceptors (Lipinski definition) is 2. The average molecular weight is 304 g/mol. The van der Waals surface area contributed by atoms with Gasteiger partial charge in [-0.3, -0.25) is 10.1 Å². The number of nitro benzene ring substituents is 1. The van der Waals surface area contributed by atoms with E-state index in [0.717, 1.165) is 0 Å². The second kappa shape index (κ2) is 3.97. The van der Waals surface area contributed by atoms with Crippen molar-refractivity contribution in [3.8, 4) is 0 Å². The second-order valence-corrected chi connectivity index (χ2v) is 3.78. The Morgan fingerprint density at radius 3 is 2.33 bits per heavy atom. The summed E-state index contributed by atoms with van der Waals surface area (Å²) in [6.07, 6.45) is -4.64. The fourth-order valence-electron chi connectivity index (χ4n) is 0.871. The van der Waals surface area contributed by atoms with Crippen molar-refractivity contribution in [3.05, 3.63) is 37.3 Å². The highest BCUT2D eigenvalue weighted by Crippen LogP contribution is 2.39. The summed E-state index contributed by atoms with van der Waals surface area (Å²) < 4.78 is 36.6. The number of hydrogen-bond donors (Lipinski definition) is 0. The predicted molar refractivity (Wildman–Crippen MR) is 50.8 cm³/mol. The SMILES string of the molecule is O=[N+]([O-])c1cc(C(F)(F)F)cc(Br)c1Cl. The molecule has 0 spiro atoms. The van der Waals surface area contributed by atoms with E-state index in [1.54, 1.807) is 0 Å². The molecule has 0 heterocycles. The standard InChI is InChI=1S/C7H2BrClF3NO2/c8-4-1-3(7(10,11)12)2-5(6(4)9)13(14)15/h1-2H. The number of rotatable bonds is 1. The van der Waals surface area contributed by atoms with Gasteiger partial charge in [-0.2, -0.15) is 13.2 Å². The van der Waals surface area contributed by atoms with E-state index in [2.05, 4.69) is 15.9 Å². The zero-order valence-electron chi connectivity index (χ0n) is 6.81. The molecule has 82 valence electrons. The first-order chi connectivity index (χ1) is 6.73. The normalized spacial score (nSPS) is 11.5. The molecule has 0 aliphatic carbocycles. The van der Waals surface area contributed by atoms with E-state index < -0.39 is 22.4 Å². The number of nitro groups is 1. The lowest BCUT2D eigenvalue weighted by molar-refractivity contribution is -0.385. The minimum Gasteiger partial charge on any atom is -0.258 e. The van der Waals surface area contributed by atoms with Gasteiger partial charge in [0.1, 0.15) is 5.02 Å². The van der Waals surface area contributed by atoms with Crippen LogP contribution in [0.25, 0.3) is 0 Å². The van der Waals surface area contributed by atoms with Crippen LogP contribution in [-0.2, 0) is 6.18 Å². The molecule has 0 saturated carbocycles. The lowest BCUT2D eigenvalue weighted by Crippen LogP contribution is -2.06. The van der Waals surface area contributed by atoms with Crippen molar-refractivity contribution in [1.29, 1.82) is 0 Å². The highest BCUT2D eigenvalue weighted by Gasteiger charge is 2.34. The summed E-state index contributed by atoms with van der Waals surface area (Å²) in [4.78, 5) is 9.42. The number of alkyl halides is 3. The van der Waals surface area contributed by atoms with Gasteiger partial charge in [0.25, 0.3) is 5.69 Å². The third-order valence-corrected chi connectivity index (χ3v) is 2.78. The van der Waals surface area contributed by atoms with E-state index in [-0.39, 0.29) is 9.50 Å². The van der Waals surface area contributed by atoms with Gasteiger partial charge in [0.2, 0.25) is 0 Å². The molecule has 1 rings (SSSR count). The van der Waals surface area contributed by atoms with E-state index in [1.807, 2.05) is 0 Å². The third-order valence-electron chi connectivity index (χ3n) is 1.53. The van der Waals surface area contributed by atoms with Crippen LogP contribution in [0.3, 0.4) is 0 Å². The van der Waals surface area contributed by atoms with E-state index in [9.17, 15) is 23.3 Å². The smallest absolute Gasteiger partial charge is 0.258 e. The van der Waals surface area contributed by atoms with Gasteiger partial charge in [-0.1, -0.05) is 11.6 Å². The van der Waals surface area contributed by atoms with E-state index in [4.69, 9.17) is 11.6 Å². The van der Waals surface area contributed by atoms with Crippen molar-refractivity contribution >= 4 is 33.2 Å². The van der Waals surface area contributed by atoms with E-state index in [0.29, 0.717) is 12.1 Å². The molecule has 0 fully saturated rings. The Hall–Kier alpha value is -0.820. The number of halogens is 5. The number of benzene rings is 1. The van der Waals surface area contributed by atoms with Crippen LogP contribution in [0.1, 0.15) is 5.56 Å². The quantitative estimate of drug-likeness (QED) is 0.581. The van der Waals surface area contributed by atoms with Crippen LogP contribution in [0, 0.1) is 10.1 Å². The molecule has 1 aromatic carbocycles. The second-order valence-electron chi connectivity index (χ2n) is 2.55. The van der Waals surface area contributed by atoms with Gasteiger partial charge in [-0.05, 0) is 22.0 Å². The summed E-state index contributed by atoms with van der Waals surface area (Å²) in [6, 6.07) is 1.09. The Bertz CT molecular complexity index is 421. The Kier molecular flexibility index (Phi) is 3.25. The van der Waals surface area contributed by atoms with Gasteiger partial charge in [0, 0.05) is 10.5 Å². The molecular formula is C7H2BrClF3NO2. The summed E-state index contributed by atoms with van der Waals surface area (Å²) in [5.41, 5.74) is -1.90. The topological polar surface area (TPSA) is 43.1 Å². The van der Waals surface area contributed by atoms with Gasteiger partial charge >= 0.3 is 6.18 Å². The Morgan fingerprint density at radius 1 is 1.40 bits per heavy atom. The van der Waals surface area contributed by atoms with Gasteiger partial charge < -0.3 is 0 Å². The minimum absolute atomic E-state index is 0.161. The van der Waals surface area contributed by atoms with Crippen LogP contribution in [0.2, 0.25) is 5.02 Å². The molecule has 0 saturated heterocycles. The highest BCUT2D eigenvalue weighted by atomic mass is 79.9. The molecule has 0 aliphatic rings. The van der Waals surface area contributed by atoms with E-state index >= 15 is 0 Å². The van der Waals surface area contributed by atoms with Gasteiger partial charge in [0.15, 0.2) is 0 Å². The predicted octanol–water partition coefficient (Wildman–Crippen LogP) is 4.03. The van der Waals surface area contributed by atoms with Gasteiger partial charge in [0.05, 0.1) is 10.5 Å². The Balaban J connectivity index is 3.43. The molecule has 8 heteroatoms. The van der Waals surface area contributed by atoms with Gasteiger partial charge in [-0.25, -0.2) is 0 Å². The summed E-state index contributed by atoms with van der Waals surface area (Å²) in [5.74, 6) is 0. The molecule has 3 nitrogen and oxygen atoms in total. The lowest BCUT2D eigenvalue weighted by Gasteiger charge is -2.07. The lowest BCUT2D eigenvalue weighted by atomic mass is 10.2. The first kappa shape index (κ1) is 12.3. The maximum Gasteiger partial charge on any atom is 0.416 e.